The number of nitrogens with zero attached hydrogens (tertiary/aromatic N) is 4. The third-order valence-electron chi connectivity index (χ3n) is 3.87. The molecule has 28 heavy (non-hydrogen) atoms. The molecule has 6 nitrogen and oxygen atoms in total. The molecule has 142 valence electrons. The molecule has 0 bridgehead atoms. The first kappa shape index (κ1) is 19.8. The van der Waals surface area contributed by atoms with Crippen molar-refractivity contribution in [1.29, 1.82) is 0 Å². The fraction of sp³-hybridized carbons (Fsp3) is 0.100. The van der Waals surface area contributed by atoms with Crippen LogP contribution in [-0.2, 0) is 0 Å². The van der Waals surface area contributed by atoms with Crippen molar-refractivity contribution in [3.63, 3.8) is 0 Å². The van der Waals surface area contributed by atoms with Gasteiger partial charge >= 0.3 is 0 Å². The minimum atomic E-state index is 0.546. The van der Waals surface area contributed by atoms with E-state index in [0.29, 0.717) is 21.7 Å². The molecular formula is C20H18Cl2N6. The molecule has 0 aliphatic heterocycles. The summed E-state index contributed by atoms with van der Waals surface area (Å²) < 4.78 is 0. The summed E-state index contributed by atoms with van der Waals surface area (Å²) >= 11 is 11.8. The summed E-state index contributed by atoms with van der Waals surface area (Å²) in [4.78, 5) is 8.32. The zero-order chi connectivity index (χ0) is 19.9. The van der Waals surface area contributed by atoms with E-state index >= 15 is 0 Å². The number of aromatic nitrogens is 2. The first-order valence-corrected chi connectivity index (χ1v) is 9.21. The molecule has 0 spiro atoms. The van der Waals surface area contributed by atoms with Gasteiger partial charge in [-0.1, -0.05) is 47.5 Å². The third-order valence-corrected chi connectivity index (χ3v) is 4.37. The van der Waals surface area contributed by atoms with Crippen molar-refractivity contribution >= 4 is 46.3 Å². The summed E-state index contributed by atoms with van der Waals surface area (Å²) in [6, 6.07) is 16.6. The molecule has 0 atom stereocenters. The molecule has 8 heteroatoms. The molecule has 0 amide bonds. The molecule has 0 saturated carbocycles. The highest BCUT2D eigenvalue weighted by Crippen LogP contribution is 2.13. The molecule has 3 aromatic rings. The van der Waals surface area contributed by atoms with Gasteiger partial charge in [-0.25, -0.2) is 9.97 Å². The van der Waals surface area contributed by atoms with Gasteiger partial charge in [0.05, 0.1) is 11.4 Å². The van der Waals surface area contributed by atoms with Crippen LogP contribution >= 0.6 is 23.2 Å². The Balaban J connectivity index is 1.66. The van der Waals surface area contributed by atoms with Gasteiger partial charge < -0.3 is 0 Å². The normalized spacial score (nSPS) is 12.0. The molecular weight excluding hydrogens is 395 g/mol. The Morgan fingerprint density at radius 2 is 1.11 bits per heavy atom. The average Bonchev–Trinajstić information content (AvgIpc) is 2.71. The first-order chi connectivity index (χ1) is 13.5. The molecule has 0 aliphatic carbocycles. The first-order valence-electron chi connectivity index (χ1n) is 8.46. The average molecular weight is 413 g/mol. The van der Waals surface area contributed by atoms with E-state index in [2.05, 4.69) is 31.0 Å². The Labute approximate surface area is 173 Å². The van der Waals surface area contributed by atoms with E-state index in [1.54, 1.807) is 6.07 Å². The van der Waals surface area contributed by atoms with E-state index in [9.17, 15) is 0 Å². The van der Waals surface area contributed by atoms with E-state index in [-0.39, 0.29) is 0 Å². The Morgan fingerprint density at radius 1 is 0.714 bits per heavy atom. The molecule has 3 rings (SSSR count). The van der Waals surface area contributed by atoms with Crippen LogP contribution in [0.15, 0.2) is 71.1 Å². The van der Waals surface area contributed by atoms with Crippen LogP contribution in [0.2, 0.25) is 10.0 Å². The number of anilines is 2. The highest BCUT2D eigenvalue weighted by Gasteiger charge is 2.01. The van der Waals surface area contributed by atoms with Crippen LogP contribution in [0.1, 0.15) is 25.0 Å². The summed E-state index contributed by atoms with van der Waals surface area (Å²) in [5.74, 6) is 1.09. The van der Waals surface area contributed by atoms with Crippen molar-refractivity contribution in [1.82, 2.24) is 9.97 Å². The van der Waals surface area contributed by atoms with Crippen LogP contribution in [0, 0.1) is 0 Å². The van der Waals surface area contributed by atoms with E-state index in [4.69, 9.17) is 23.2 Å². The molecule has 1 heterocycles. The number of rotatable bonds is 6. The van der Waals surface area contributed by atoms with Gasteiger partial charge in [-0.15, -0.1) is 0 Å². The minimum Gasteiger partial charge on any atom is -0.261 e. The van der Waals surface area contributed by atoms with Crippen LogP contribution in [-0.4, -0.2) is 21.4 Å². The molecule has 2 N–H and O–H groups in total. The Bertz CT molecular complexity index is 919. The van der Waals surface area contributed by atoms with Gasteiger partial charge in [0.15, 0.2) is 11.6 Å². The molecule has 1 aromatic heterocycles. The highest BCUT2D eigenvalue weighted by molar-refractivity contribution is 6.31. The highest BCUT2D eigenvalue weighted by atomic mass is 35.5. The van der Waals surface area contributed by atoms with Crippen LogP contribution < -0.4 is 10.9 Å². The zero-order valence-electron chi connectivity index (χ0n) is 15.3. The number of hydrazone groups is 2. The Kier molecular flexibility index (Phi) is 6.57. The number of nitrogens with one attached hydrogen (secondary N) is 2. The van der Waals surface area contributed by atoms with Gasteiger partial charge in [-0.3, -0.25) is 10.9 Å². The molecule has 0 radical (unpaired) electrons. The minimum absolute atomic E-state index is 0.546. The van der Waals surface area contributed by atoms with Crippen molar-refractivity contribution in [2.45, 2.75) is 13.8 Å². The molecule has 0 aliphatic rings. The summed E-state index contributed by atoms with van der Waals surface area (Å²) in [6.45, 7) is 3.80. The maximum Gasteiger partial charge on any atom is 0.151 e. The largest absolute Gasteiger partial charge is 0.261 e. The molecule has 0 saturated heterocycles. The summed E-state index contributed by atoms with van der Waals surface area (Å²) in [5, 5.41) is 10.1. The monoisotopic (exact) mass is 412 g/mol. The van der Waals surface area contributed by atoms with Crippen molar-refractivity contribution in [2.75, 3.05) is 10.9 Å². The predicted molar refractivity (Wildman–Crippen MR) is 117 cm³/mol. The van der Waals surface area contributed by atoms with Crippen LogP contribution in [0.5, 0.6) is 0 Å². The zero-order valence-corrected chi connectivity index (χ0v) is 16.8. The number of hydrogen-bond donors (Lipinski definition) is 2. The Hall–Kier alpha value is -2.96. The van der Waals surface area contributed by atoms with Gasteiger partial charge in [0.1, 0.15) is 6.33 Å². The second-order valence-electron chi connectivity index (χ2n) is 5.92. The summed E-state index contributed by atoms with van der Waals surface area (Å²) in [6.07, 6.45) is 1.44. The van der Waals surface area contributed by atoms with Crippen LogP contribution in [0.3, 0.4) is 0 Å². The maximum absolute atomic E-state index is 5.91. The van der Waals surface area contributed by atoms with Crippen molar-refractivity contribution in [2.24, 2.45) is 10.2 Å². The third kappa shape index (κ3) is 5.52. The van der Waals surface area contributed by atoms with Crippen molar-refractivity contribution < 1.29 is 0 Å². The number of benzene rings is 2. The van der Waals surface area contributed by atoms with E-state index in [1.165, 1.54) is 6.33 Å². The SMILES string of the molecule is C/C(=N\Nc1cc(N/N=C(\C)c2ccc(Cl)cc2)ncn1)c1ccc(Cl)cc1. The quantitative estimate of drug-likeness (QED) is 0.416. The lowest BCUT2D eigenvalue weighted by Gasteiger charge is -2.06. The van der Waals surface area contributed by atoms with Gasteiger partial charge in [-0.2, -0.15) is 10.2 Å². The van der Waals surface area contributed by atoms with Gasteiger partial charge in [0, 0.05) is 16.1 Å². The smallest absolute Gasteiger partial charge is 0.151 e. The van der Waals surface area contributed by atoms with E-state index in [0.717, 1.165) is 22.6 Å². The molecule has 0 unspecified atom stereocenters. The van der Waals surface area contributed by atoms with Crippen molar-refractivity contribution in [3.05, 3.63) is 82.1 Å². The van der Waals surface area contributed by atoms with Crippen molar-refractivity contribution in [3.8, 4) is 0 Å². The number of hydrogen-bond acceptors (Lipinski definition) is 6. The predicted octanol–water partition coefficient (Wildman–Crippen LogP) is 5.46. The second-order valence-corrected chi connectivity index (χ2v) is 6.79. The number of halogens is 2. The fourth-order valence-corrected chi connectivity index (χ4v) is 2.53. The summed E-state index contributed by atoms with van der Waals surface area (Å²) in [5.41, 5.74) is 9.39. The molecule has 0 fully saturated rings. The lowest BCUT2D eigenvalue weighted by atomic mass is 10.1. The standard InChI is InChI=1S/C20H18Cl2N6/c1-13(15-3-7-17(21)8-4-15)25-27-19-11-20(24-12-23-19)28-26-14(2)16-5-9-18(22)10-6-16/h3-12H,1-2H3,(H2,23,24,27,28)/b25-13+,26-14+. The fourth-order valence-electron chi connectivity index (χ4n) is 2.27. The maximum atomic E-state index is 5.91. The van der Waals surface area contributed by atoms with Gasteiger partial charge in [0.2, 0.25) is 0 Å². The van der Waals surface area contributed by atoms with Crippen LogP contribution in [0.25, 0.3) is 0 Å². The van der Waals surface area contributed by atoms with E-state index in [1.807, 2.05) is 62.4 Å². The topological polar surface area (TPSA) is 74.6 Å². The van der Waals surface area contributed by atoms with E-state index < -0.39 is 0 Å². The second kappa shape index (κ2) is 9.30. The van der Waals surface area contributed by atoms with Gasteiger partial charge in [0.25, 0.3) is 0 Å². The van der Waals surface area contributed by atoms with Gasteiger partial charge in [-0.05, 0) is 49.2 Å². The lowest BCUT2D eigenvalue weighted by Crippen LogP contribution is -2.03. The lowest BCUT2D eigenvalue weighted by molar-refractivity contribution is 1.11. The molecule has 2 aromatic carbocycles. The summed E-state index contributed by atoms with van der Waals surface area (Å²) in [7, 11) is 0. The Morgan fingerprint density at radius 3 is 1.50 bits per heavy atom. The van der Waals surface area contributed by atoms with Crippen LogP contribution in [0.4, 0.5) is 11.6 Å².